The van der Waals surface area contributed by atoms with E-state index in [4.69, 9.17) is 19.2 Å². The van der Waals surface area contributed by atoms with E-state index >= 15 is 0 Å². The van der Waals surface area contributed by atoms with Gasteiger partial charge in [-0.2, -0.15) is 0 Å². The van der Waals surface area contributed by atoms with E-state index in [2.05, 4.69) is 10.0 Å². The second kappa shape index (κ2) is 15.5. The Bertz CT molecular complexity index is 2210. The molecule has 4 aromatic rings. The van der Waals surface area contributed by atoms with Gasteiger partial charge in [-0.15, -0.1) is 0 Å². The summed E-state index contributed by atoms with van der Waals surface area (Å²) < 4.78 is 47.3. The van der Waals surface area contributed by atoms with E-state index in [0.29, 0.717) is 29.3 Å². The SMILES string of the molecule is COc1ccc2c(O[C@@H]3C[C@@H](C(=O)N[C@]45C[C@H]4/C=C\CCCCCCOc4ccccc4S(=O)(=O)NC5=O)N(C(C)=O)C3)cc(-c3ccccc3)nc2c1.[HH].[HH]. The first kappa shape index (κ1) is 36.9. The van der Waals surface area contributed by atoms with Crippen LogP contribution in [0.25, 0.3) is 22.2 Å². The molecular formula is C41H48N4O8S. The number of aromatic nitrogens is 1. The van der Waals surface area contributed by atoms with Crippen LogP contribution in [-0.2, 0) is 24.4 Å². The molecule has 12 nitrogen and oxygen atoms in total. The smallest absolute Gasteiger partial charge is 0.267 e. The van der Waals surface area contributed by atoms with Crippen molar-refractivity contribution in [3.05, 3.63) is 91.0 Å². The molecule has 3 heterocycles. The molecular weight excluding hydrogens is 709 g/mol. The highest BCUT2D eigenvalue weighted by Gasteiger charge is 2.61. The summed E-state index contributed by atoms with van der Waals surface area (Å²) in [7, 11) is -2.78. The van der Waals surface area contributed by atoms with Gasteiger partial charge in [-0.1, -0.05) is 67.5 Å². The molecule has 2 N–H and O–H groups in total. The van der Waals surface area contributed by atoms with Crippen LogP contribution < -0.4 is 24.2 Å². The third kappa shape index (κ3) is 7.77. The summed E-state index contributed by atoms with van der Waals surface area (Å²) in [5, 5.41) is 3.63. The third-order valence-corrected chi connectivity index (χ3v) is 11.7. The number of methoxy groups -OCH3 is 1. The number of nitrogens with zero attached hydrogens (tertiary/aromatic N) is 2. The van der Waals surface area contributed by atoms with Gasteiger partial charge in [-0.05, 0) is 49.9 Å². The Morgan fingerprint density at radius 3 is 2.59 bits per heavy atom. The summed E-state index contributed by atoms with van der Waals surface area (Å²) in [5.41, 5.74) is 0.700. The molecule has 2 fully saturated rings. The lowest BCUT2D eigenvalue weighted by atomic mass is 10.1. The van der Waals surface area contributed by atoms with Crippen LogP contribution in [0.2, 0.25) is 0 Å². The average Bonchev–Trinajstić information content (AvgIpc) is 3.69. The van der Waals surface area contributed by atoms with Gasteiger partial charge >= 0.3 is 0 Å². The molecule has 3 amide bonds. The first-order valence-electron chi connectivity index (χ1n) is 18.3. The van der Waals surface area contributed by atoms with Gasteiger partial charge in [0.25, 0.3) is 15.9 Å². The topological polar surface area (TPSA) is 153 Å². The lowest BCUT2D eigenvalue weighted by Crippen LogP contribution is -2.56. The van der Waals surface area contributed by atoms with Crippen molar-refractivity contribution in [1.29, 1.82) is 0 Å². The number of ether oxygens (including phenoxy) is 3. The molecule has 0 unspecified atom stereocenters. The Labute approximate surface area is 317 Å². The molecule has 0 bridgehead atoms. The highest BCUT2D eigenvalue weighted by molar-refractivity contribution is 7.90. The van der Waals surface area contributed by atoms with E-state index in [1.165, 1.54) is 17.9 Å². The first-order valence-corrected chi connectivity index (χ1v) is 19.8. The van der Waals surface area contributed by atoms with Gasteiger partial charge in [-0.3, -0.25) is 14.4 Å². The second-order valence-corrected chi connectivity index (χ2v) is 15.7. The highest BCUT2D eigenvalue weighted by atomic mass is 32.2. The molecule has 3 aliphatic rings. The number of fused-ring (bicyclic) bond motifs is 3. The fraction of sp³-hybridized carbons (Fsp3) is 0.366. The van der Waals surface area contributed by atoms with Crippen LogP contribution in [0, 0.1) is 5.92 Å². The average molecular weight is 757 g/mol. The number of amides is 3. The predicted molar refractivity (Wildman–Crippen MR) is 207 cm³/mol. The minimum atomic E-state index is -4.37. The number of allylic oxidation sites excluding steroid dienone is 1. The van der Waals surface area contributed by atoms with Crippen molar-refractivity contribution in [1.82, 2.24) is 19.9 Å². The number of carbonyl (C=O) groups excluding carboxylic acids is 3. The Hall–Kier alpha value is -5.43. The number of benzene rings is 3. The minimum Gasteiger partial charge on any atom is -0.497 e. The normalized spacial score (nSPS) is 24.6. The molecule has 2 aliphatic heterocycles. The first-order chi connectivity index (χ1) is 26.1. The molecule has 0 radical (unpaired) electrons. The largest absolute Gasteiger partial charge is 0.497 e. The van der Waals surface area contributed by atoms with E-state index in [1.807, 2.05) is 66.7 Å². The summed E-state index contributed by atoms with van der Waals surface area (Å²) in [4.78, 5) is 47.3. The Morgan fingerprint density at radius 2 is 1.80 bits per heavy atom. The summed E-state index contributed by atoms with van der Waals surface area (Å²) in [6, 6.07) is 22.3. The molecule has 1 saturated heterocycles. The number of rotatable bonds is 6. The van der Waals surface area contributed by atoms with Crippen molar-refractivity contribution in [3.8, 4) is 28.5 Å². The van der Waals surface area contributed by atoms with Gasteiger partial charge in [-0.25, -0.2) is 18.1 Å². The van der Waals surface area contributed by atoms with Crippen molar-refractivity contribution in [2.75, 3.05) is 20.3 Å². The van der Waals surface area contributed by atoms with Gasteiger partial charge in [0.05, 0.1) is 31.5 Å². The minimum absolute atomic E-state index is 0. The van der Waals surface area contributed by atoms with Crippen molar-refractivity contribution in [2.45, 2.75) is 74.4 Å². The molecule has 286 valence electrons. The van der Waals surface area contributed by atoms with Crippen LogP contribution in [0.5, 0.6) is 17.2 Å². The molecule has 7 rings (SSSR count). The van der Waals surface area contributed by atoms with Crippen LogP contribution in [0.3, 0.4) is 0 Å². The maximum Gasteiger partial charge on any atom is 0.267 e. The molecule has 1 aromatic heterocycles. The summed E-state index contributed by atoms with van der Waals surface area (Å²) in [6.07, 6.45) is 8.06. The second-order valence-electron chi connectivity index (χ2n) is 14.0. The molecule has 13 heteroatoms. The number of sulfonamides is 1. The van der Waals surface area contributed by atoms with Crippen LogP contribution in [0.1, 0.15) is 54.7 Å². The molecule has 3 aromatic carbocycles. The molecule has 1 aliphatic carbocycles. The van der Waals surface area contributed by atoms with Gasteiger partial charge in [0.2, 0.25) is 11.8 Å². The number of para-hydroxylation sites is 1. The molecule has 0 spiro atoms. The molecule has 54 heavy (non-hydrogen) atoms. The fourth-order valence-electron chi connectivity index (χ4n) is 7.32. The third-order valence-electron chi connectivity index (χ3n) is 10.3. The van der Waals surface area contributed by atoms with E-state index in [0.717, 1.165) is 43.1 Å². The van der Waals surface area contributed by atoms with E-state index in [9.17, 15) is 22.8 Å². The van der Waals surface area contributed by atoms with Crippen molar-refractivity contribution in [3.63, 3.8) is 0 Å². The monoisotopic (exact) mass is 756 g/mol. The number of carbonyl (C=O) groups is 3. The quantitative estimate of drug-likeness (QED) is 0.224. The predicted octanol–water partition coefficient (Wildman–Crippen LogP) is 6.05. The van der Waals surface area contributed by atoms with Crippen LogP contribution in [0.15, 0.2) is 95.9 Å². The van der Waals surface area contributed by atoms with E-state index in [-0.39, 0.29) is 38.8 Å². The van der Waals surface area contributed by atoms with Crippen LogP contribution in [0.4, 0.5) is 0 Å². The van der Waals surface area contributed by atoms with Crippen molar-refractivity contribution >= 4 is 38.6 Å². The Kier molecular flexibility index (Phi) is 10.6. The van der Waals surface area contributed by atoms with Gasteiger partial charge < -0.3 is 24.4 Å². The van der Waals surface area contributed by atoms with E-state index < -0.39 is 45.4 Å². The van der Waals surface area contributed by atoms with E-state index in [1.54, 1.807) is 25.3 Å². The van der Waals surface area contributed by atoms with Gasteiger partial charge in [0.15, 0.2) is 0 Å². The maximum atomic E-state index is 14.2. The summed E-state index contributed by atoms with van der Waals surface area (Å²) >= 11 is 0. The number of pyridine rings is 1. The molecule has 4 atom stereocenters. The number of likely N-dealkylation sites (tertiary alicyclic amines) is 1. The number of hydrogen-bond donors (Lipinski definition) is 2. The Morgan fingerprint density at radius 1 is 1.02 bits per heavy atom. The maximum absolute atomic E-state index is 14.2. The van der Waals surface area contributed by atoms with Crippen LogP contribution >= 0.6 is 0 Å². The van der Waals surface area contributed by atoms with Crippen molar-refractivity contribution in [2.24, 2.45) is 5.92 Å². The fourth-order valence-corrected chi connectivity index (χ4v) is 8.51. The summed E-state index contributed by atoms with van der Waals surface area (Å²) in [6.45, 7) is 1.86. The van der Waals surface area contributed by atoms with Crippen LogP contribution in [-0.4, -0.2) is 74.0 Å². The standard InChI is InChI=1S/C41H44N4O8S.2H2/c1-27(46)45-26-31(53-37-24-33(28-14-8-7-9-15-28)42-34-22-30(51-2)19-20-32(34)37)23-35(45)39(47)43-41-25-29(41)16-10-5-3-4-6-13-21-52-36-17-11-12-18-38(36)54(49,50)44-40(41)48;;/h7-12,14-20,22,24,29,31,35H,3-6,13,21,23,25-26H2,1-2H3,(H,43,47)(H,44,48);2*1H/b16-10-;;/t29-,31-,35+,41-;;/m1../s1. The summed E-state index contributed by atoms with van der Waals surface area (Å²) in [5.74, 6) is -0.854. The zero-order chi connectivity index (χ0) is 37.9. The van der Waals surface area contributed by atoms with Gasteiger partial charge in [0, 0.05) is 45.2 Å². The van der Waals surface area contributed by atoms with Crippen molar-refractivity contribution < 1.29 is 39.9 Å². The zero-order valence-electron chi connectivity index (χ0n) is 30.3. The molecule has 1 saturated carbocycles. The lowest BCUT2D eigenvalue weighted by Gasteiger charge is -2.25. The highest BCUT2D eigenvalue weighted by Crippen LogP contribution is 2.46. The zero-order valence-corrected chi connectivity index (χ0v) is 31.1. The van der Waals surface area contributed by atoms with Gasteiger partial charge in [0.1, 0.15) is 39.8 Å². The Balaban J connectivity index is 0.00000300. The lowest BCUT2D eigenvalue weighted by molar-refractivity contribution is -0.138. The number of nitrogens with one attached hydrogen (secondary N) is 2. The number of hydrogen-bond acceptors (Lipinski definition) is 9.